The van der Waals surface area contributed by atoms with E-state index in [1.807, 2.05) is 6.08 Å². The van der Waals surface area contributed by atoms with Gasteiger partial charge in [0, 0.05) is 80.9 Å². The summed E-state index contributed by atoms with van der Waals surface area (Å²) in [6.07, 6.45) is -8.25. The van der Waals surface area contributed by atoms with Crippen LogP contribution >= 0.6 is 46.9 Å². The summed E-state index contributed by atoms with van der Waals surface area (Å²) in [6, 6.07) is 4.05. The predicted molar refractivity (Wildman–Crippen MR) is 427 cm³/mol. The number of aryl methyl sites for hydroxylation is 2. The van der Waals surface area contributed by atoms with E-state index >= 15 is 0 Å². The van der Waals surface area contributed by atoms with Crippen LogP contribution in [0, 0.1) is 55.8 Å². The van der Waals surface area contributed by atoms with E-state index in [-0.39, 0.29) is 70.2 Å². The third-order valence-electron chi connectivity index (χ3n) is 21.3. The van der Waals surface area contributed by atoms with Crippen LogP contribution in [0.1, 0.15) is 124 Å². The number of nitrogens with one attached hydrogen (secondary N) is 4. The van der Waals surface area contributed by atoms with Gasteiger partial charge in [-0.1, -0.05) is 24.0 Å². The number of ether oxygens (including phenoxy) is 5. The number of fused-ring (bicyclic) bond motifs is 3. The lowest BCUT2D eigenvalue weighted by molar-refractivity contribution is -0.0647. The number of aromatic nitrogens is 12. The molecule has 0 radical (unpaired) electrons. The fraction of sp³-hybridized carbons (Fsp3) is 0.551. The second-order valence-electron chi connectivity index (χ2n) is 30.2. The molecule has 7 aliphatic rings. The zero-order valence-electron chi connectivity index (χ0n) is 66.7. The van der Waals surface area contributed by atoms with E-state index in [1.165, 1.54) is 32.2 Å². The molecule has 0 amide bonds. The van der Waals surface area contributed by atoms with Crippen molar-refractivity contribution in [2.45, 2.75) is 183 Å². The van der Waals surface area contributed by atoms with Gasteiger partial charge in [-0.15, -0.1) is 12.3 Å². The molecule has 12 heterocycles. The maximum absolute atomic E-state index is 14.5. The van der Waals surface area contributed by atoms with Gasteiger partial charge in [0.2, 0.25) is 5.95 Å². The Balaban J connectivity index is 0.682. The van der Waals surface area contributed by atoms with Crippen molar-refractivity contribution in [2.75, 3.05) is 51.1 Å². The number of unbranched alkanes of at least 4 members (excludes halogenated alkanes) is 3. The minimum Gasteiger partial charge on any atom is -0.467 e. The normalized spacial score (nSPS) is 29.1. The van der Waals surface area contributed by atoms with E-state index in [0.29, 0.717) is 25.7 Å². The summed E-state index contributed by atoms with van der Waals surface area (Å²) < 4.78 is 190. The Morgan fingerprint density at radius 2 is 0.929 bits per heavy atom. The number of nitrogen functional groups attached to an aromatic ring is 2. The lowest BCUT2D eigenvalue weighted by Gasteiger charge is -2.26. The van der Waals surface area contributed by atoms with Crippen LogP contribution in [0.2, 0.25) is 0 Å². The summed E-state index contributed by atoms with van der Waals surface area (Å²) in [5.74, 6) is 7.71. The molecule has 2 aliphatic carbocycles. The van der Waals surface area contributed by atoms with Crippen molar-refractivity contribution in [2.24, 2.45) is 17.8 Å². The minimum absolute atomic E-state index is 0.0197. The Hall–Kier alpha value is -8.53. The molecule has 690 valence electrons. The average molecular weight is 1910 g/mol. The number of nitrogens with two attached hydrogens (primary N) is 2. The molecule has 1 saturated carbocycles. The minimum atomic E-state index is -5.72. The maximum atomic E-state index is 14.5. The van der Waals surface area contributed by atoms with E-state index < -0.39 is 262 Å². The SMILES string of the molecule is C#CCCCCC#Cc1cn([C@H]2CC(OP(=O)(O)OC[C@H]3O[C@@H](n4cc(C)c(=O)[nH]c4=O)CC3OP(=O)(O)OCc3ccco3)[C@@H](COP(=O)(O)OC3C[C@H](n4ccc(N)nc4=O)O[C@@H]3COP(=O)(O)OC3C[C@H](n4cnc5c(=O)[nH]c(N)nc54)O[C@@H]3COP(=O)(O)OC3C[C@H](n4cc(C)c(=O)[nH]c4=O)O[C@@H]3COP(=O)(O)OCC3CC4C=CC3C4)O2)c(=O)[nH]c1=O. The Kier molecular flexibility index (Phi) is 29.2. The Morgan fingerprint density at radius 3 is 1.37 bits per heavy atom. The van der Waals surface area contributed by atoms with Crippen LogP contribution in [-0.2, 0) is 112 Å². The first-order chi connectivity index (χ1) is 60.1. The fourth-order valence-electron chi connectivity index (χ4n) is 15.1. The van der Waals surface area contributed by atoms with Gasteiger partial charge < -0.3 is 68.9 Å². The summed E-state index contributed by atoms with van der Waals surface area (Å²) in [4.78, 5) is 193. The van der Waals surface area contributed by atoms with Crippen molar-refractivity contribution in [1.82, 2.24) is 57.7 Å². The number of furan rings is 1. The van der Waals surface area contributed by atoms with Crippen LogP contribution in [0.4, 0.5) is 11.8 Å². The number of rotatable bonds is 39. The molecule has 7 aromatic heterocycles. The van der Waals surface area contributed by atoms with Crippen molar-refractivity contribution in [3.8, 4) is 24.2 Å². The molecule has 0 spiro atoms. The van der Waals surface area contributed by atoms with E-state index in [4.69, 9.17) is 100 Å². The number of terminal acetylenes is 1. The van der Waals surface area contributed by atoms with Crippen LogP contribution in [0.25, 0.3) is 11.2 Å². The molecule has 58 heteroatoms. The molecule has 14 rings (SSSR count). The molecule has 0 aromatic carbocycles. The fourth-order valence-corrected chi connectivity index (χ4v) is 20.7. The molecule has 127 heavy (non-hydrogen) atoms. The van der Waals surface area contributed by atoms with Gasteiger partial charge in [0.1, 0.15) is 116 Å². The van der Waals surface area contributed by atoms with Crippen LogP contribution in [0.5, 0.6) is 0 Å². The summed E-state index contributed by atoms with van der Waals surface area (Å²) in [6.45, 7) is -3.43. The van der Waals surface area contributed by atoms with Gasteiger partial charge in [-0.25, -0.2) is 51.6 Å². The monoisotopic (exact) mass is 1900 g/mol. The highest BCUT2D eigenvalue weighted by Crippen LogP contribution is 2.57. The third-order valence-corrected chi connectivity index (χ3v) is 27.3. The van der Waals surface area contributed by atoms with E-state index in [9.17, 15) is 95.1 Å². The quantitative estimate of drug-likeness (QED) is 0.0114. The molecule has 52 nitrogen and oxygen atoms in total. The van der Waals surface area contributed by atoms with Gasteiger partial charge >= 0.3 is 69.7 Å². The van der Waals surface area contributed by atoms with Crippen molar-refractivity contribution < 1.29 is 139 Å². The maximum Gasteiger partial charge on any atom is 0.472 e. The standard InChI is InChI=1S/C69H86N14O38P6/c1-4-5-6-7-8-9-11-40-27-82(69(91)78-63(40)86)57-23-46(120-125(98,99)109-32-50-45(117-123(94,95)106-29-42-12-10-17-104-42)22-56(114-50)81-26-37(3)62(85)77-68(81)90)51(115-57)33-110-124(96,97)118-43-20-54(79-16-15-53(70)73-66(79)88)112-49(43)31-108-127(102,103)121-47-24-58(83-35-72-59-60(83)74-65(71)75-64(59)87)116-52(47)34-111-126(100,101)119-44-21-55(80-25-36(2)61(84)76-67(80)89)113-48(44)30-107-122(92,93)105-28-41-19-38-13-14-39(41)18-38/h1,10,12-17,25-27,35,38-39,41,43-52,54-58H,5-8,18-24,28-34H2,2-3H3,(H,92,93)(H,94,95)(H,96,97)(H,98,99)(H,100,101)(H,102,103)(H2,70,73,88)(H,76,84,89)(H,77,85,90)(H,78,86,91)(H3,71,74,75,87)/t38?,39?,41?,43?,44?,45?,46?,47?,48-,49-,50-,51-,52-,54-,55-,56-,57-,58-/m1/s1. The smallest absolute Gasteiger partial charge is 0.467 e. The number of hydrogen-bond donors (Lipinski definition) is 12. The number of phosphoric acid groups is 6. The molecular formula is C69H86N14O38P6. The zero-order valence-corrected chi connectivity index (χ0v) is 72.1. The molecule has 5 aliphatic heterocycles. The second kappa shape index (κ2) is 39.3. The van der Waals surface area contributed by atoms with Gasteiger partial charge in [0.15, 0.2) is 11.2 Å². The van der Waals surface area contributed by atoms with Gasteiger partial charge in [-0.3, -0.25) is 116 Å². The first-order valence-corrected chi connectivity index (χ1v) is 47.9. The first-order valence-electron chi connectivity index (χ1n) is 39.0. The highest BCUT2D eigenvalue weighted by molar-refractivity contribution is 7.48. The van der Waals surface area contributed by atoms with Crippen LogP contribution in [0.15, 0.2) is 111 Å². The van der Waals surface area contributed by atoms with E-state index in [2.05, 4.69) is 58.7 Å². The van der Waals surface area contributed by atoms with Crippen molar-refractivity contribution >= 4 is 69.9 Å². The number of imidazole rings is 1. The zero-order chi connectivity index (χ0) is 90.8. The summed E-state index contributed by atoms with van der Waals surface area (Å²) in [5, 5.41) is 0. The van der Waals surface area contributed by atoms with Gasteiger partial charge in [0.05, 0.1) is 52.2 Å². The number of H-pyrrole nitrogens is 4. The van der Waals surface area contributed by atoms with Crippen molar-refractivity contribution in [1.29, 1.82) is 0 Å². The van der Waals surface area contributed by atoms with Gasteiger partial charge in [-0.05, 0) is 75.5 Å². The van der Waals surface area contributed by atoms with Gasteiger partial charge in [0.25, 0.3) is 22.2 Å². The van der Waals surface area contributed by atoms with E-state index in [0.717, 1.165) is 66.4 Å². The molecule has 2 bridgehead atoms. The van der Waals surface area contributed by atoms with E-state index in [1.54, 1.807) is 0 Å². The molecule has 24 atom stereocenters. The van der Waals surface area contributed by atoms with Crippen molar-refractivity contribution in [3.05, 3.63) is 174 Å². The molecule has 5 saturated heterocycles. The van der Waals surface area contributed by atoms with Crippen LogP contribution in [0.3, 0.4) is 0 Å². The van der Waals surface area contributed by atoms with Gasteiger partial charge in [-0.2, -0.15) is 9.97 Å². The number of allylic oxidation sites excluding steroid dienone is 2. The molecule has 7 aromatic rings. The predicted octanol–water partition coefficient (Wildman–Crippen LogP) is 2.44. The Labute approximate surface area is 713 Å². The lowest BCUT2D eigenvalue weighted by atomic mass is 9.95. The largest absolute Gasteiger partial charge is 0.472 e. The van der Waals surface area contributed by atoms with Crippen molar-refractivity contribution in [3.63, 3.8) is 0 Å². The van der Waals surface area contributed by atoms with Crippen LogP contribution in [-0.4, -0.2) is 188 Å². The Morgan fingerprint density at radius 1 is 0.496 bits per heavy atom. The highest BCUT2D eigenvalue weighted by Gasteiger charge is 2.52. The number of nitrogens with zero attached hydrogens (tertiary/aromatic N) is 8. The molecular weight excluding hydrogens is 1820 g/mol. The lowest BCUT2D eigenvalue weighted by Crippen LogP contribution is -2.34. The molecule has 14 unspecified atom stereocenters. The Bertz CT molecular complexity index is 6190. The second-order valence-corrected chi connectivity index (χ2v) is 38.7. The highest BCUT2D eigenvalue weighted by atomic mass is 31.2. The average Bonchev–Trinajstić information content (AvgIpc) is 1.61. The number of aromatic amines is 4. The first kappa shape index (κ1) is 94.6. The summed E-state index contributed by atoms with van der Waals surface area (Å²) >= 11 is 0. The summed E-state index contributed by atoms with van der Waals surface area (Å²) in [5.41, 5.74) is 3.52. The molecule has 14 N–H and O–H groups in total. The molecule has 6 fully saturated rings. The summed E-state index contributed by atoms with van der Waals surface area (Å²) in [7, 11) is -32.5. The third kappa shape index (κ3) is 23.8. The number of phosphoric ester groups is 6. The number of hydrogen-bond acceptors (Lipinski definition) is 37. The topological polar surface area (TPSA) is 709 Å². The number of anilines is 2. The van der Waals surface area contributed by atoms with Crippen LogP contribution < -0.4 is 56.5 Å².